The molecule has 0 bridgehead atoms. The van der Waals surface area contributed by atoms with Crippen LogP contribution in [0.3, 0.4) is 0 Å². The van der Waals surface area contributed by atoms with Crippen LogP contribution in [0, 0.1) is 0 Å². The molecule has 3 rings (SSSR count). The third kappa shape index (κ3) is 2.77. The number of nitrogens with zero attached hydrogens (tertiary/aromatic N) is 3. The molecule has 1 aliphatic heterocycles. The Labute approximate surface area is 139 Å². The molecule has 0 atom stereocenters. The highest BCUT2D eigenvalue weighted by Crippen LogP contribution is 2.46. The lowest BCUT2D eigenvalue weighted by Crippen LogP contribution is -2.24. The van der Waals surface area contributed by atoms with Crippen LogP contribution in [0.25, 0.3) is 0 Å². The maximum absolute atomic E-state index is 12.4. The van der Waals surface area contributed by atoms with Crippen LogP contribution in [0.4, 0.5) is 5.69 Å². The van der Waals surface area contributed by atoms with Crippen molar-refractivity contribution in [1.29, 1.82) is 0 Å². The van der Waals surface area contributed by atoms with Crippen molar-refractivity contribution >= 4 is 23.1 Å². The maximum Gasteiger partial charge on any atom is 0.241 e. The summed E-state index contributed by atoms with van der Waals surface area (Å²) >= 11 is 5.62. The lowest BCUT2D eigenvalue weighted by Gasteiger charge is -2.23. The third-order valence-corrected chi connectivity index (χ3v) is 4.42. The zero-order valence-electron chi connectivity index (χ0n) is 13.3. The highest BCUT2D eigenvalue weighted by atomic mass is 35.5. The molecule has 5 nitrogen and oxygen atoms in total. The van der Waals surface area contributed by atoms with E-state index in [4.69, 9.17) is 16.1 Å². The minimum Gasteiger partial charge on any atom is -0.347 e. The van der Waals surface area contributed by atoms with Gasteiger partial charge in [-0.15, -0.1) is 11.6 Å². The Balaban J connectivity index is 1.86. The predicted octanol–water partition coefficient (Wildman–Crippen LogP) is 3.23. The summed E-state index contributed by atoms with van der Waals surface area (Å²) in [5, 5.41) is 3.76. The van der Waals surface area contributed by atoms with E-state index in [1.165, 1.54) is 5.56 Å². The van der Waals surface area contributed by atoms with Gasteiger partial charge in [0.2, 0.25) is 5.89 Å². The quantitative estimate of drug-likeness (QED) is 0.636. The van der Waals surface area contributed by atoms with Gasteiger partial charge >= 0.3 is 0 Å². The van der Waals surface area contributed by atoms with E-state index in [1.807, 2.05) is 19.2 Å². The van der Waals surface area contributed by atoms with E-state index in [-0.39, 0.29) is 23.5 Å². The van der Waals surface area contributed by atoms with Crippen molar-refractivity contribution in [2.24, 2.45) is 0 Å². The fourth-order valence-corrected chi connectivity index (χ4v) is 3.14. The highest BCUT2D eigenvalue weighted by molar-refractivity contribution is 6.16. The molecule has 0 fully saturated rings. The molecule has 2 heterocycles. The Bertz CT molecular complexity index is 780. The number of anilines is 1. The lowest BCUT2D eigenvalue weighted by atomic mass is 9.83. The van der Waals surface area contributed by atoms with Gasteiger partial charge in [0, 0.05) is 29.9 Å². The van der Waals surface area contributed by atoms with Crippen molar-refractivity contribution in [2.45, 2.75) is 31.6 Å². The molecule has 120 valence electrons. The smallest absolute Gasteiger partial charge is 0.241 e. The molecule has 1 aromatic carbocycles. The Kier molecular flexibility index (Phi) is 3.98. The van der Waals surface area contributed by atoms with E-state index >= 15 is 0 Å². The number of ketones is 1. The van der Waals surface area contributed by atoms with Crippen LogP contribution in [-0.2, 0) is 22.5 Å². The van der Waals surface area contributed by atoms with Gasteiger partial charge in [0.15, 0.2) is 11.6 Å². The van der Waals surface area contributed by atoms with Crippen molar-refractivity contribution < 1.29 is 9.32 Å². The number of alkyl halides is 1. The van der Waals surface area contributed by atoms with Gasteiger partial charge in [-0.3, -0.25) is 4.79 Å². The average molecular weight is 332 g/mol. The second-order valence-electron chi connectivity index (χ2n) is 6.11. The van der Waals surface area contributed by atoms with E-state index in [0.29, 0.717) is 11.7 Å². The summed E-state index contributed by atoms with van der Waals surface area (Å²) in [6, 6.07) is 8.19. The minimum atomic E-state index is -0.223. The lowest BCUT2D eigenvalue weighted by molar-refractivity contribution is -0.114. The minimum absolute atomic E-state index is 0.0605. The molecular formula is C17H18ClN3O2. The highest BCUT2D eigenvalue weighted by Gasteiger charge is 2.38. The van der Waals surface area contributed by atoms with Gasteiger partial charge in [-0.25, -0.2) is 0 Å². The standard InChI is InChI=1S/C17H18ClN3O2/c1-17(2)12-6-4-5-7-13(12)21(3)14(17)8-11(22)9-15-19-16(10-18)23-20-15/h4-8H,9-10H2,1-3H3/b14-8+. The van der Waals surface area contributed by atoms with Crippen molar-refractivity contribution in [3.8, 4) is 0 Å². The van der Waals surface area contributed by atoms with E-state index in [0.717, 1.165) is 11.4 Å². The van der Waals surface area contributed by atoms with Crippen LogP contribution >= 0.6 is 11.6 Å². The molecule has 6 heteroatoms. The molecular weight excluding hydrogens is 314 g/mol. The molecule has 0 radical (unpaired) electrons. The van der Waals surface area contributed by atoms with Crippen LogP contribution in [0.5, 0.6) is 0 Å². The first kappa shape index (κ1) is 15.7. The number of allylic oxidation sites excluding steroid dienone is 2. The van der Waals surface area contributed by atoms with Crippen LogP contribution < -0.4 is 4.90 Å². The first-order valence-corrected chi connectivity index (χ1v) is 7.92. The molecule has 0 saturated heterocycles. The molecule has 0 unspecified atom stereocenters. The molecule has 1 aliphatic rings. The van der Waals surface area contributed by atoms with Gasteiger partial charge in [0.25, 0.3) is 0 Å². The summed E-state index contributed by atoms with van der Waals surface area (Å²) in [6.45, 7) is 4.24. The van der Waals surface area contributed by atoms with E-state index in [1.54, 1.807) is 6.08 Å². The first-order chi connectivity index (χ1) is 10.9. The molecule has 23 heavy (non-hydrogen) atoms. The van der Waals surface area contributed by atoms with E-state index < -0.39 is 0 Å². The molecule has 0 aliphatic carbocycles. The Morgan fingerprint density at radius 3 is 2.78 bits per heavy atom. The molecule has 1 aromatic heterocycles. The number of para-hydroxylation sites is 1. The zero-order chi connectivity index (χ0) is 16.6. The monoisotopic (exact) mass is 331 g/mol. The molecule has 2 aromatic rings. The summed E-state index contributed by atoms with van der Waals surface area (Å²) in [6.07, 6.45) is 1.78. The zero-order valence-corrected chi connectivity index (χ0v) is 14.1. The summed E-state index contributed by atoms with van der Waals surface area (Å²) in [5.74, 6) is 0.772. The van der Waals surface area contributed by atoms with Gasteiger partial charge in [0.1, 0.15) is 5.88 Å². The molecule has 0 amide bonds. The molecule has 0 N–H and O–H groups in total. The SMILES string of the molecule is CN1/C(=C/C(=O)Cc2noc(CCl)n2)C(C)(C)c2ccccc21. The van der Waals surface area contributed by atoms with Crippen molar-refractivity contribution in [3.05, 3.63) is 53.3 Å². The Hall–Kier alpha value is -2.14. The summed E-state index contributed by atoms with van der Waals surface area (Å²) < 4.78 is 4.92. The summed E-state index contributed by atoms with van der Waals surface area (Å²) in [7, 11) is 1.98. The number of hydrogen-bond acceptors (Lipinski definition) is 5. The van der Waals surface area contributed by atoms with Crippen molar-refractivity contribution in [3.63, 3.8) is 0 Å². The number of rotatable bonds is 4. The predicted molar refractivity (Wildman–Crippen MR) is 88.5 cm³/mol. The Morgan fingerprint density at radius 2 is 2.13 bits per heavy atom. The van der Waals surface area contributed by atoms with Gasteiger partial charge in [-0.1, -0.05) is 37.2 Å². The number of hydrogen-bond donors (Lipinski definition) is 0. The number of carbonyl (C=O) groups is 1. The van der Waals surface area contributed by atoms with Gasteiger partial charge in [-0.05, 0) is 11.6 Å². The largest absolute Gasteiger partial charge is 0.347 e. The number of carbonyl (C=O) groups excluding carboxylic acids is 1. The third-order valence-electron chi connectivity index (χ3n) is 4.19. The number of halogens is 1. The Morgan fingerprint density at radius 1 is 1.39 bits per heavy atom. The normalized spacial score (nSPS) is 17.6. The van der Waals surface area contributed by atoms with Gasteiger partial charge in [-0.2, -0.15) is 4.98 Å². The first-order valence-electron chi connectivity index (χ1n) is 7.39. The average Bonchev–Trinajstić information content (AvgIpc) is 3.05. The van der Waals surface area contributed by atoms with Crippen molar-refractivity contribution in [1.82, 2.24) is 10.1 Å². The van der Waals surface area contributed by atoms with Crippen LogP contribution in [-0.4, -0.2) is 23.0 Å². The van der Waals surface area contributed by atoms with Crippen molar-refractivity contribution in [2.75, 3.05) is 11.9 Å². The van der Waals surface area contributed by atoms with E-state index in [2.05, 4.69) is 41.0 Å². The number of benzene rings is 1. The number of aromatic nitrogens is 2. The second-order valence-corrected chi connectivity index (χ2v) is 6.38. The summed E-state index contributed by atoms with van der Waals surface area (Å²) in [5.41, 5.74) is 3.08. The topological polar surface area (TPSA) is 59.2 Å². The number of fused-ring (bicyclic) bond motifs is 1. The van der Waals surface area contributed by atoms with E-state index in [9.17, 15) is 4.79 Å². The fraction of sp³-hybridized carbons (Fsp3) is 0.353. The van der Waals surface area contributed by atoms with Gasteiger partial charge < -0.3 is 9.42 Å². The second kappa shape index (κ2) is 5.81. The maximum atomic E-state index is 12.4. The van der Waals surface area contributed by atoms with Crippen LogP contribution in [0.15, 0.2) is 40.6 Å². The van der Waals surface area contributed by atoms with Gasteiger partial charge in [0.05, 0.1) is 6.42 Å². The number of likely N-dealkylation sites (N-methyl/N-ethyl adjacent to an activating group) is 1. The summed E-state index contributed by atoms with van der Waals surface area (Å²) in [4.78, 5) is 18.5. The fourth-order valence-electron chi connectivity index (χ4n) is 3.03. The van der Waals surface area contributed by atoms with Crippen LogP contribution in [0.2, 0.25) is 0 Å². The molecule has 0 saturated carbocycles. The van der Waals surface area contributed by atoms with Crippen LogP contribution in [0.1, 0.15) is 31.1 Å². The molecule has 0 spiro atoms.